The van der Waals surface area contributed by atoms with E-state index >= 15 is 0 Å². The van der Waals surface area contributed by atoms with Crippen molar-refractivity contribution in [1.82, 2.24) is 24.1 Å². The van der Waals surface area contributed by atoms with E-state index in [-0.39, 0.29) is 44.9 Å². The van der Waals surface area contributed by atoms with Gasteiger partial charge in [-0.15, -0.1) is 0 Å². The van der Waals surface area contributed by atoms with E-state index in [4.69, 9.17) is 0 Å². The predicted molar refractivity (Wildman–Crippen MR) is 116 cm³/mol. The summed E-state index contributed by atoms with van der Waals surface area (Å²) in [5, 5.41) is 2.07. The summed E-state index contributed by atoms with van der Waals surface area (Å²) in [6.45, 7) is -0.0960. The third kappa shape index (κ3) is 3.84. The van der Waals surface area contributed by atoms with Crippen LogP contribution in [0.25, 0.3) is 39.2 Å². The summed E-state index contributed by atoms with van der Waals surface area (Å²) >= 11 is 0. The number of H-pyrrole nitrogens is 1. The number of nitrogens with zero attached hydrogens (tertiary/aromatic N) is 4. The van der Waals surface area contributed by atoms with Crippen molar-refractivity contribution in [2.45, 2.75) is 25.8 Å². The van der Waals surface area contributed by atoms with Crippen LogP contribution < -0.4 is 5.56 Å². The summed E-state index contributed by atoms with van der Waals surface area (Å²) in [5.74, 6) is -0.336. The molecule has 2 aromatic carbocycles. The Hall–Kier alpha value is -4.09. The van der Waals surface area contributed by atoms with E-state index < -0.39 is 30.2 Å². The second kappa shape index (κ2) is 7.72. The Morgan fingerprint density at radius 2 is 1.54 bits per heavy atom. The minimum absolute atomic E-state index is 0.0568. The lowest BCUT2D eigenvalue weighted by atomic mass is 10.1. The Morgan fingerprint density at radius 1 is 0.886 bits per heavy atom. The molecular formula is C23H15F6N5O. The average Bonchev–Trinajstić information content (AvgIpc) is 3.33. The Labute approximate surface area is 192 Å². The molecule has 0 bridgehead atoms. The number of rotatable bonds is 3. The molecule has 180 valence electrons. The van der Waals surface area contributed by atoms with Crippen molar-refractivity contribution in [3.05, 3.63) is 76.3 Å². The fourth-order valence-electron chi connectivity index (χ4n) is 4.12. The third-order valence-corrected chi connectivity index (χ3v) is 5.52. The lowest BCUT2D eigenvalue weighted by molar-refractivity contribution is -0.141. The van der Waals surface area contributed by atoms with Gasteiger partial charge < -0.3 is 4.57 Å². The Bertz CT molecular complexity index is 1630. The molecule has 0 saturated heterocycles. The monoisotopic (exact) mass is 491 g/mol. The molecule has 0 aliphatic carbocycles. The van der Waals surface area contributed by atoms with Gasteiger partial charge >= 0.3 is 12.4 Å². The quantitative estimate of drug-likeness (QED) is 0.335. The van der Waals surface area contributed by atoms with Gasteiger partial charge in [-0.2, -0.15) is 30.9 Å². The first-order valence-electron chi connectivity index (χ1n) is 10.3. The van der Waals surface area contributed by atoms with Crippen LogP contribution in [0.1, 0.15) is 11.4 Å². The molecule has 0 unspecified atom stereocenters. The number of hydrogen-bond donors (Lipinski definition) is 1. The van der Waals surface area contributed by atoms with Crippen LogP contribution in [-0.2, 0) is 12.7 Å². The van der Waals surface area contributed by atoms with Crippen molar-refractivity contribution in [2.75, 3.05) is 0 Å². The summed E-state index contributed by atoms with van der Waals surface area (Å²) in [7, 11) is 0. The molecular weight excluding hydrogens is 476 g/mol. The van der Waals surface area contributed by atoms with Crippen LogP contribution in [0.3, 0.4) is 0 Å². The number of aromatic nitrogens is 5. The number of benzene rings is 2. The maximum absolute atomic E-state index is 13.9. The summed E-state index contributed by atoms with van der Waals surface area (Å²) in [5.41, 5.74) is -2.74. The second-order valence-corrected chi connectivity index (χ2v) is 7.89. The van der Waals surface area contributed by atoms with Gasteiger partial charge in [0.1, 0.15) is 23.6 Å². The first-order valence-corrected chi connectivity index (χ1v) is 10.3. The molecule has 12 heteroatoms. The Morgan fingerprint density at radius 3 is 2.20 bits per heavy atom. The molecule has 0 amide bonds. The summed E-state index contributed by atoms with van der Waals surface area (Å²) in [4.78, 5) is 21.9. The zero-order chi connectivity index (χ0) is 25.1. The van der Waals surface area contributed by atoms with E-state index in [1.54, 1.807) is 12.1 Å². The molecule has 5 rings (SSSR count). The number of alkyl halides is 6. The highest BCUT2D eigenvalue weighted by Gasteiger charge is 2.39. The number of aromatic amines is 1. The van der Waals surface area contributed by atoms with Crippen molar-refractivity contribution < 1.29 is 26.3 Å². The number of aryl methyl sites for hydroxylation is 1. The van der Waals surface area contributed by atoms with E-state index in [1.807, 2.05) is 0 Å². The second-order valence-electron chi connectivity index (χ2n) is 7.89. The molecule has 0 atom stereocenters. The van der Waals surface area contributed by atoms with Crippen LogP contribution in [-0.4, -0.2) is 30.3 Å². The maximum atomic E-state index is 13.9. The first kappa shape index (κ1) is 22.7. The van der Waals surface area contributed by atoms with Gasteiger partial charge in [0.2, 0.25) is 0 Å². The SMILES string of the molecule is Cc1nc2c(-c3ccccc3)c(C(F)(F)F)[nH]n2c(=O)c1-c1nc2ccccc2n1CC(F)(F)F. The Balaban J connectivity index is 1.85. The van der Waals surface area contributed by atoms with Crippen molar-refractivity contribution in [3.8, 4) is 22.5 Å². The maximum Gasteiger partial charge on any atom is 0.433 e. The number of halogens is 6. The third-order valence-electron chi connectivity index (χ3n) is 5.52. The van der Waals surface area contributed by atoms with Crippen molar-refractivity contribution in [1.29, 1.82) is 0 Å². The van der Waals surface area contributed by atoms with Crippen LogP contribution in [0.5, 0.6) is 0 Å². The largest absolute Gasteiger partial charge is 0.433 e. The predicted octanol–water partition coefficient (Wildman–Crippen LogP) is 5.60. The molecule has 3 heterocycles. The van der Waals surface area contributed by atoms with Crippen LogP contribution >= 0.6 is 0 Å². The molecule has 1 N–H and O–H groups in total. The fourth-order valence-corrected chi connectivity index (χ4v) is 4.12. The first-order chi connectivity index (χ1) is 16.5. The molecule has 0 radical (unpaired) electrons. The standard InChI is InChI=1S/C23H15F6N5O/c1-12-16(19-31-14-9-5-6-10-15(14)33(19)11-22(24,25)26)21(35)34-20(30-12)17(13-7-3-2-4-8-13)18(32-34)23(27,28)29/h2-10,32H,11H2,1H3. The summed E-state index contributed by atoms with van der Waals surface area (Å²) in [6, 6.07) is 13.6. The van der Waals surface area contributed by atoms with Crippen LogP contribution in [0, 0.1) is 6.92 Å². The van der Waals surface area contributed by atoms with Crippen LogP contribution in [0.15, 0.2) is 59.4 Å². The van der Waals surface area contributed by atoms with Gasteiger partial charge in [-0.1, -0.05) is 42.5 Å². The lowest BCUT2D eigenvalue weighted by Gasteiger charge is -2.13. The van der Waals surface area contributed by atoms with Crippen molar-refractivity contribution in [3.63, 3.8) is 0 Å². The van der Waals surface area contributed by atoms with E-state index in [0.29, 0.717) is 4.52 Å². The number of nitrogens with one attached hydrogen (secondary N) is 1. The molecule has 5 aromatic rings. The number of imidazole rings is 1. The highest BCUT2D eigenvalue weighted by atomic mass is 19.4. The molecule has 35 heavy (non-hydrogen) atoms. The van der Waals surface area contributed by atoms with E-state index in [0.717, 1.165) is 4.57 Å². The van der Waals surface area contributed by atoms with Crippen LogP contribution in [0.2, 0.25) is 0 Å². The summed E-state index contributed by atoms with van der Waals surface area (Å²) in [6.07, 6.45) is -9.50. The minimum atomic E-state index is -4.86. The van der Waals surface area contributed by atoms with E-state index in [2.05, 4.69) is 15.1 Å². The van der Waals surface area contributed by atoms with Crippen LogP contribution in [0.4, 0.5) is 26.3 Å². The molecule has 6 nitrogen and oxygen atoms in total. The van der Waals surface area contributed by atoms with E-state index in [9.17, 15) is 31.1 Å². The van der Waals surface area contributed by atoms with Gasteiger partial charge in [0, 0.05) is 0 Å². The number of hydrogen-bond acceptors (Lipinski definition) is 3. The molecule has 0 aliphatic heterocycles. The van der Waals surface area contributed by atoms with Crippen molar-refractivity contribution in [2.24, 2.45) is 0 Å². The van der Waals surface area contributed by atoms with Gasteiger partial charge in [-0.3, -0.25) is 9.89 Å². The zero-order valence-corrected chi connectivity index (χ0v) is 17.9. The average molecular weight is 491 g/mol. The molecule has 0 aliphatic rings. The number of fused-ring (bicyclic) bond motifs is 2. The topological polar surface area (TPSA) is 68.0 Å². The normalized spacial score (nSPS) is 12.7. The lowest BCUT2D eigenvalue weighted by Crippen LogP contribution is -2.23. The highest BCUT2D eigenvalue weighted by molar-refractivity contribution is 5.83. The van der Waals surface area contributed by atoms with Gasteiger partial charge in [0.05, 0.1) is 22.3 Å². The van der Waals surface area contributed by atoms with Gasteiger partial charge in [-0.05, 0) is 24.6 Å². The molecule has 3 aromatic heterocycles. The number of para-hydroxylation sites is 2. The smallest absolute Gasteiger partial charge is 0.315 e. The van der Waals surface area contributed by atoms with Gasteiger partial charge in [0.25, 0.3) is 5.56 Å². The molecule has 0 fully saturated rings. The van der Waals surface area contributed by atoms with Crippen molar-refractivity contribution >= 4 is 16.7 Å². The molecule has 0 saturated carbocycles. The Kier molecular flexibility index (Phi) is 5.00. The molecule has 0 spiro atoms. The zero-order valence-electron chi connectivity index (χ0n) is 17.9. The summed E-state index contributed by atoms with van der Waals surface area (Å²) < 4.78 is 83.3. The minimum Gasteiger partial charge on any atom is -0.315 e. The van der Waals surface area contributed by atoms with Gasteiger partial charge in [-0.25, -0.2) is 9.97 Å². The fraction of sp³-hybridized carbons (Fsp3) is 0.174. The highest BCUT2D eigenvalue weighted by Crippen LogP contribution is 2.38. The van der Waals surface area contributed by atoms with E-state index in [1.165, 1.54) is 49.4 Å². The van der Waals surface area contributed by atoms with Gasteiger partial charge in [0.15, 0.2) is 5.65 Å².